The largest absolute Gasteiger partial charge is 0.444 e. The molecule has 4 nitrogen and oxygen atoms in total. The van der Waals surface area contributed by atoms with Gasteiger partial charge in [0.25, 0.3) is 0 Å². The van der Waals surface area contributed by atoms with E-state index in [2.05, 4.69) is 19.2 Å². The molecule has 0 aromatic carbocycles. The van der Waals surface area contributed by atoms with Crippen molar-refractivity contribution in [3.8, 4) is 0 Å². The molecule has 16 heavy (non-hydrogen) atoms. The van der Waals surface area contributed by atoms with E-state index < -0.39 is 5.60 Å². The highest BCUT2D eigenvalue weighted by Crippen LogP contribution is 2.16. The Balaban J connectivity index is 2.63. The summed E-state index contributed by atoms with van der Waals surface area (Å²) in [6.45, 7) is 11.5. The molecule has 1 saturated heterocycles. The van der Waals surface area contributed by atoms with E-state index in [4.69, 9.17) is 4.74 Å². The minimum atomic E-state index is -0.413. The lowest BCUT2D eigenvalue weighted by Crippen LogP contribution is -2.57. The number of carbonyl (C=O) groups is 1. The van der Waals surface area contributed by atoms with Crippen LogP contribution in [0, 0.1) is 0 Å². The number of rotatable bonds is 1. The standard InChI is InChI=1S/C12H24N2O2/c1-6-10-7-13-9(2)8-14(10)11(15)16-12(3,4)5/h9-10,13H,6-8H2,1-5H3. The van der Waals surface area contributed by atoms with Crippen LogP contribution < -0.4 is 5.32 Å². The summed E-state index contributed by atoms with van der Waals surface area (Å²) in [5.41, 5.74) is -0.413. The Hall–Kier alpha value is -0.770. The second-order valence-electron chi connectivity index (χ2n) is 5.50. The third kappa shape index (κ3) is 3.67. The summed E-state index contributed by atoms with van der Waals surface area (Å²) in [6, 6.07) is 0.598. The molecule has 0 radical (unpaired) electrons. The number of amides is 1. The van der Waals surface area contributed by atoms with Crippen molar-refractivity contribution in [3.63, 3.8) is 0 Å². The first-order valence-corrected chi connectivity index (χ1v) is 6.06. The van der Waals surface area contributed by atoms with E-state index in [1.165, 1.54) is 0 Å². The van der Waals surface area contributed by atoms with Gasteiger partial charge in [-0.3, -0.25) is 0 Å². The Morgan fingerprint density at radius 1 is 1.50 bits per heavy atom. The molecule has 0 spiro atoms. The van der Waals surface area contributed by atoms with Gasteiger partial charge in [0.1, 0.15) is 5.60 Å². The molecule has 0 aliphatic carbocycles. The van der Waals surface area contributed by atoms with Crippen molar-refractivity contribution in [2.75, 3.05) is 13.1 Å². The number of nitrogens with zero attached hydrogens (tertiary/aromatic N) is 1. The average Bonchev–Trinajstić information content (AvgIpc) is 2.15. The van der Waals surface area contributed by atoms with Crippen LogP contribution in [0.2, 0.25) is 0 Å². The van der Waals surface area contributed by atoms with Gasteiger partial charge in [0.15, 0.2) is 0 Å². The molecule has 2 unspecified atom stereocenters. The van der Waals surface area contributed by atoms with E-state index in [9.17, 15) is 4.79 Å². The summed E-state index contributed by atoms with van der Waals surface area (Å²) in [5.74, 6) is 0. The van der Waals surface area contributed by atoms with E-state index in [-0.39, 0.29) is 12.1 Å². The molecule has 1 aliphatic heterocycles. The van der Waals surface area contributed by atoms with Crippen LogP contribution in [-0.4, -0.2) is 41.8 Å². The number of piperazine rings is 1. The van der Waals surface area contributed by atoms with Gasteiger partial charge in [0.2, 0.25) is 0 Å². The minimum Gasteiger partial charge on any atom is -0.444 e. The predicted octanol–water partition coefficient (Wildman–Crippen LogP) is 1.99. The lowest BCUT2D eigenvalue weighted by molar-refractivity contribution is 0.00780. The number of hydrogen-bond acceptors (Lipinski definition) is 3. The van der Waals surface area contributed by atoms with Gasteiger partial charge in [0.05, 0.1) is 0 Å². The normalized spacial score (nSPS) is 26.7. The first-order valence-electron chi connectivity index (χ1n) is 6.06. The van der Waals surface area contributed by atoms with Gasteiger partial charge in [-0.2, -0.15) is 0 Å². The van der Waals surface area contributed by atoms with E-state index in [0.29, 0.717) is 6.04 Å². The van der Waals surface area contributed by atoms with Crippen molar-refractivity contribution >= 4 is 6.09 Å². The van der Waals surface area contributed by atoms with Crippen LogP contribution in [0.3, 0.4) is 0 Å². The van der Waals surface area contributed by atoms with Gasteiger partial charge in [-0.1, -0.05) is 6.92 Å². The maximum absolute atomic E-state index is 12.0. The molecule has 0 aromatic rings. The Kier molecular flexibility index (Phi) is 4.19. The fourth-order valence-electron chi connectivity index (χ4n) is 1.86. The number of ether oxygens (including phenoxy) is 1. The molecule has 2 atom stereocenters. The second-order valence-corrected chi connectivity index (χ2v) is 5.50. The van der Waals surface area contributed by atoms with Crippen LogP contribution >= 0.6 is 0 Å². The van der Waals surface area contributed by atoms with E-state index >= 15 is 0 Å². The topological polar surface area (TPSA) is 41.6 Å². The fourth-order valence-corrected chi connectivity index (χ4v) is 1.86. The third-order valence-corrected chi connectivity index (χ3v) is 2.71. The van der Waals surface area contributed by atoms with Gasteiger partial charge in [-0.05, 0) is 34.1 Å². The van der Waals surface area contributed by atoms with Crippen molar-refractivity contribution in [1.29, 1.82) is 0 Å². The van der Waals surface area contributed by atoms with Gasteiger partial charge < -0.3 is 15.0 Å². The molecule has 1 rings (SSSR count). The molecule has 94 valence electrons. The van der Waals surface area contributed by atoms with Crippen molar-refractivity contribution in [2.45, 2.75) is 58.7 Å². The molecule has 1 heterocycles. The first kappa shape index (κ1) is 13.3. The summed E-state index contributed by atoms with van der Waals surface area (Å²) < 4.78 is 5.42. The number of hydrogen-bond donors (Lipinski definition) is 1. The third-order valence-electron chi connectivity index (χ3n) is 2.71. The zero-order chi connectivity index (χ0) is 12.3. The Morgan fingerprint density at radius 3 is 2.62 bits per heavy atom. The molecule has 0 aromatic heterocycles. The van der Waals surface area contributed by atoms with Crippen molar-refractivity contribution in [2.24, 2.45) is 0 Å². The maximum Gasteiger partial charge on any atom is 0.410 e. The van der Waals surface area contributed by atoms with E-state index in [1.807, 2.05) is 25.7 Å². The lowest BCUT2D eigenvalue weighted by Gasteiger charge is -2.39. The smallest absolute Gasteiger partial charge is 0.410 e. The zero-order valence-electron chi connectivity index (χ0n) is 11.0. The molecule has 4 heteroatoms. The average molecular weight is 228 g/mol. The molecular weight excluding hydrogens is 204 g/mol. The summed E-state index contributed by atoms with van der Waals surface area (Å²) in [7, 11) is 0. The van der Waals surface area contributed by atoms with Crippen LogP contribution in [0.4, 0.5) is 4.79 Å². The molecule has 1 fully saturated rings. The quantitative estimate of drug-likeness (QED) is 0.746. The summed E-state index contributed by atoms with van der Waals surface area (Å²) in [4.78, 5) is 13.9. The van der Waals surface area contributed by atoms with E-state index in [0.717, 1.165) is 19.5 Å². The SMILES string of the molecule is CCC1CNC(C)CN1C(=O)OC(C)(C)C. The Bertz CT molecular complexity index is 248. The number of nitrogens with one attached hydrogen (secondary N) is 1. The monoisotopic (exact) mass is 228 g/mol. The molecule has 1 aliphatic rings. The number of carbonyl (C=O) groups excluding carboxylic acids is 1. The zero-order valence-corrected chi connectivity index (χ0v) is 11.0. The second kappa shape index (κ2) is 5.04. The molecule has 0 bridgehead atoms. The maximum atomic E-state index is 12.0. The van der Waals surface area contributed by atoms with Crippen LogP contribution in [0.15, 0.2) is 0 Å². The van der Waals surface area contributed by atoms with Crippen molar-refractivity contribution in [3.05, 3.63) is 0 Å². The van der Waals surface area contributed by atoms with Gasteiger partial charge in [-0.25, -0.2) is 4.79 Å². The summed E-state index contributed by atoms with van der Waals surface area (Å²) >= 11 is 0. The lowest BCUT2D eigenvalue weighted by atomic mass is 10.1. The van der Waals surface area contributed by atoms with Crippen LogP contribution in [-0.2, 0) is 4.74 Å². The highest BCUT2D eigenvalue weighted by Gasteiger charge is 2.31. The summed E-state index contributed by atoms with van der Waals surface area (Å²) in [5, 5.41) is 3.38. The molecule has 0 saturated carbocycles. The van der Waals surface area contributed by atoms with Crippen molar-refractivity contribution in [1.82, 2.24) is 10.2 Å². The predicted molar refractivity (Wildman–Crippen MR) is 64.5 cm³/mol. The van der Waals surface area contributed by atoms with E-state index in [1.54, 1.807) is 0 Å². The highest BCUT2D eigenvalue weighted by molar-refractivity contribution is 5.68. The first-order chi connectivity index (χ1) is 7.33. The molecule has 1 N–H and O–H groups in total. The Morgan fingerprint density at radius 2 is 2.12 bits per heavy atom. The molecule has 1 amide bonds. The summed E-state index contributed by atoms with van der Waals surface area (Å²) in [6.07, 6.45) is 0.770. The van der Waals surface area contributed by atoms with Crippen LogP contribution in [0.1, 0.15) is 41.0 Å². The van der Waals surface area contributed by atoms with Gasteiger partial charge in [-0.15, -0.1) is 0 Å². The highest BCUT2D eigenvalue weighted by atomic mass is 16.6. The van der Waals surface area contributed by atoms with Crippen LogP contribution in [0.5, 0.6) is 0 Å². The van der Waals surface area contributed by atoms with Gasteiger partial charge >= 0.3 is 6.09 Å². The van der Waals surface area contributed by atoms with Crippen LogP contribution in [0.25, 0.3) is 0 Å². The van der Waals surface area contributed by atoms with Crippen molar-refractivity contribution < 1.29 is 9.53 Å². The molecular formula is C12H24N2O2. The van der Waals surface area contributed by atoms with Gasteiger partial charge in [0, 0.05) is 25.2 Å². The fraction of sp³-hybridized carbons (Fsp3) is 0.917. The Labute approximate surface area is 98.3 Å². The minimum absolute atomic E-state index is 0.187.